The van der Waals surface area contributed by atoms with Crippen LogP contribution in [0.1, 0.15) is 51.4 Å². The minimum atomic E-state index is -3.75. The fourth-order valence-corrected chi connectivity index (χ4v) is 5.74. The number of aliphatic hydroxyl groups excluding tert-OH is 1. The highest BCUT2D eigenvalue weighted by molar-refractivity contribution is 7.91. The van der Waals surface area contributed by atoms with Crippen molar-refractivity contribution in [3.8, 4) is 0 Å². The van der Waals surface area contributed by atoms with Crippen LogP contribution in [0.4, 0.5) is 4.79 Å². The molecular formula is C20H30N4O6S. The van der Waals surface area contributed by atoms with Crippen LogP contribution in [0.2, 0.25) is 0 Å². The number of hydrogen-bond acceptors (Lipinski definition) is 6. The lowest BCUT2D eigenvalue weighted by molar-refractivity contribution is -0.131. The number of fused-ring (bicyclic) bond motifs is 2. The fraction of sp³-hybridized carbons (Fsp3) is 0.750. The van der Waals surface area contributed by atoms with Crippen LogP contribution in [0.15, 0.2) is 12.2 Å². The third kappa shape index (κ3) is 4.72. The van der Waals surface area contributed by atoms with Gasteiger partial charge in [0.1, 0.15) is 11.6 Å². The summed E-state index contributed by atoms with van der Waals surface area (Å²) in [6, 6.07) is -1.35. The number of nitrogens with one attached hydrogen (secondary N) is 3. The van der Waals surface area contributed by atoms with Gasteiger partial charge in [0.15, 0.2) is 0 Å². The lowest BCUT2D eigenvalue weighted by Gasteiger charge is -2.26. The molecule has 11 heteroatoms. The lowest BCUT2D eigenvalue weighted by atomic mass is 10.1. The Hall–Kier alpha value is -2.14. The summed E-state index contributed by atoms with van der Waals surface area (Å²) in [7, 11) is -3.75. The summed E-state index contributed by atoms with van der Waals surface area (Å²) < 4.78 is 26.8. The van der Waals surface area contributed by atoms with Gasteiger partial charge in [-0.25, -0.2) is 13.2 Å². The minimum Gasteiger partial charge on any atom is -0.391 e. The van der Waals surface area contributed by atoms with E-state index in [1.54, 1.807) is 0 Å². The number of allylic oxidation sites excluding steroid dienone is 1. The molecule has 2 heterocycles. The molecule has 1 saturated heterocycles. The Labute approximate surface area is 181 Å². The Morgan fingerprint density at radius 2 is 2.00 bits per heavy atom. The topological polar surface area (TPSA) is 145 Å². The van der Waals surface area contributed by atoms with Crippen molar-refractivity contribution in [2.75, 3.05) is 13.1 Å². The second-order valence-electron chi connectivity index (χ2n) is 9.01. The first-order chi connectivity index (χ1) is 14.7. The van der Waals surface area contributed by atoms with Crippen molar-refractivity contribution in [3.05, 3.63) is 12.2 Å². The molecule has 10 nitrogen and oxygen atoms in total. The van der Waals surface area contributed by atoms with Crippen molar-refractivity contribution in [1.29, 1.82) is 0 Å². The Balaban J connectivity index is 1.56. The predicted octanol–water partition coefficient (Wildman–Crippen LogP) is -0.255. The SMILES string of the molecule is O=C1N[C@]2(C(=O)NS(=O)(=O)C3CC3)C[C@H]2C=CCCCCCNC(=O)N2C[C@H](O)C[C@@H]12. The third-order valence-electron chi connectivity index (χ3n) is 6.50. The van der Waals surface area contributed by atoms with Crippen molar-refractivity contribution < 1.29 is 27.9 Å². The molecule has 0 unspecified atom stereocenters. The molecule has 0 aromatic rings. The van der Waals surface area contributed by atoms with Crippen LogP contribution >= 0.6 is 0 Å². The molecule has 0 aromatic carbocycles. The van der Waals surface area contributed by atoms with Gasteiger partial charge in [-0.15, -0.1) is 0 Å². The van der Waals surface area contributed by atoms with Crippen LogP contribution in [-0.4, -0.2) is 72.3 Å². The Kier molecular flexibility index (Phi) is 5.99. The van der Waals surface area contributed by atoms with Crippen molar-refractivity contribution >= 4 is 27.9 Å². The maximum atomic E-state index is 13.1. The average Bonchev–Trinajstić information content (AvgIpc) is 3.61. The molecule has 172 valence electrons. The van der Waals surface area contributed by atoms with Gasteiger partial charge in [-0.3, -0.25) is 14.3 Å². The van der Waals surface area contributed by atoms with E-state index in [1.807, 2.05) is 12.2 Å². The van der Waals surface area contributed by atoms with Gasteiger partial charge in [0.05, 0.1) is 11.4 Å². The summed E-state index contributed by atoms with van der Waals surface area (Å²) in [6.07, 6.45) is 7.86. The third-order valence-corrected chi connectivity index (χ3v) is 8.32. The normalized spacial score (nSPS) is 34.5. The molecule has 3 fully saturated rings. The van der Waals surface area contributed by atoms with E-state index in [0.717, 1.165) is 25.7 Å². The smallest absolute Gasteiger partial charge is 0.318 e. The largest absolute Gasteiger partial charge is 0.391 e. The number of urea groups is 1. The number of amides is 4. The first kappa shape index (κ1) is 22.1. The monoisotopic (exact) mass is 454 g/mol. The summed E-state index contributed by atoms with van der Waals surface area (Å²) in [4.78, 5) is 39.9. The molecule has 4 rings (SSSR count). The Morgan fingerprint density at radius 3 is 2.74 bits per heavy atom. The molecule has 0 spiro atoms. The predicted molar refractivity (Wildman–Crippen MR) is 111 cm³/mol. The number of carbonyl (C=O) groups excluding carboxylic acids is 3. The van der Waals surface area contributed by atoms with Gasteiger partial charge in [0.25, 0.3) is 5.91 Å². The van der Waals surface area contributed by atoms with E-state index in [9.17, 15) is 27.9 Å². The molecule has 4 aliphatic rings. The van der Waals surface area contributed by atoms with Crippen molar-refractivity contribution in [1.82, 2.24) is 20.3 Å². The number of sulfonamides is 1. The molecule has 2 aliphatic carbocycles. The van der Waals surface area contributed by atoms with Gasteiger partial charge in [-0.2, -0.15) is 0 Å². The summed E-state index contributed by atoms with van der Waals surface area (Å²) in [5, 5.41) is 15.0. The van der Waals surface area contributed by atoms with Crippen molar-refractivity contribution in [2.24, 2.45) is 5.92 Å². The van der Waals surface area contributed by atoms with Crippen LogP contribution in [-0.2, 0) is 19.6 Å². The van der Waals surface area contributed by atoms with E-state index < -0.39 is 50.8 Å². The molecule has 31 heavy (non-hydrogen) atoms. The summed E-state index contributed by atoms with van der Waals surface area (Å²) in [6.45, 7) is 0.514. The molecule has 4 atom stereocenters. The molecule has 4 amide bonds. The molecule has 4 N–H and O–H groups in total. The van der Waals surface area contributed by atoms with E-state index in [-0.39, 0.29) is 18.9 Å². The van der Waals surface area contributed by atoms with Gasteiger partial charge in [-0.1, -0.05) is 18.6 Å². The van der Waals surface area contributed by atoms with E-state index in [4.69, 9.17) is 0 Å². The molecule has 0 aromatic heterocycles. The zero-order valence-corrected chi connectivity index (χ0v) is 18.2. The van der Waals surface area contributed by atoms with Gasteiger partial charge >= 0.3 is 6.03 Å². The quantitative estimate of drug-likeness (QED) is 0.433. The molecule has 0 bridgehead atoms. The first-order valence-corrected chi connectivity index (χ1v) is 12.5. The zero-order chi connectivity index (χ0) is 22.2. The average molecular weight is 455 g/mol. The maximum absolute atomic E-state index is 13.1. The molecular weight excluding hydrogens is 424 g/mol. The van der Waals surface area contributed by atoms with E-state index in [2.05, 4.69) is 15.4 Å². The molecule has 2 saturated carbocycles. The van der Waals surface area contributed by atoms with Crippen LogP contribution in [0.25, 0.3) is 0 Å². The van der Waals surface area contributed by atoms with Crippen molar-refractivity contribution in [3.63, 3.8) is 0 Å². The first-order valence-electron chi connectivity index (χ1n) is 11.0. The zero-order valence-electron chi connectivity index (χ0n) is 17.4. The van der Waals surface area contributed by atoms with Gasteiger partial charge in [0.2, 0.25) is 15.9 Å². The number of carbonyl (C=O) groups is 3. The number of hydrogen-bond donors (Lipinski definition) is 4. The second kappa shape index (κ2) is 8.42. The van der Waals surface area contributed by atoms with E-state index >= 15 is 0 Å². The van der Waals surface area contributed by atoms with Crippen LogP contribution in [0.3, 0.4) is 0 Å². The van der Waals surface area contributed by atoms with E-state index in [0.29, 0.717) is 25.8 Å². The maximum Gasteiger partial charge on any atom is 0.318 e. The van der Waals surface area contributed by atoms with Crippen LogP contribution < -0.4 is 15.4 Å². The summed E-state index contributed by atoms with van der Waals surface area (Å²) in [5.41, 5.74) is -1.36. The fourth-order valence-electron chi connectivity index (χ4n) is 4.38. The Bertz CT molecular complexity index is 886. The summed E-state index contributed by atoms with van der Waals surface area (Å²) in [5.74, 6) is -1.61. The van der Waals surface area contributed by atoms with Crippen LogP contribution in [0, 0.1) is 5.92 Å². The van der Waals surface area contributed by atoms with Crippen molar-refractivity contribution in [2.45, 2.75) is 74.3 Å². The highest BCUT2D eigenvalue weighted by Crippen LogP contribution is 2.46. The van der Waals surface area contributed by atoms with Gasteiger partial charge < -0.3 is 20.6 Å². The van der Waals surface area contributed by atoms with Gasteiger partial charge in [-0.05, 0) is 38.5 Å². The highest BCUT2D eigenvalue weighted by Gasteiger charge is 2.62. The molecule has 0 radical (unpaired) electrons. The number of rotatable bonds is 3. The number of nitrogens with zero attached hydrogens (tertiary/aromatic N) is 1. The van der Waals surface area contributed by atoms with Crippen LogP contribution in [0.5, 0.6) is 0 Å². The Morgan fingerprint density at radius 1 is 1.23 bits per heavy atom. The minimum absolute atomic E-state index is 0.0303. The molecule has 2 aliphatic heterocycles. The summed E-state index contributed by atoms with van der Waals surface area (Å²) >= 11 is 0. The number of aliphatic hydroxyl groups is 1. The van der Waals surface area contributed by atoms with E-state index in [1.165, 1.54) is 4.90 Å². The second-order valence-corrected chi connectivity index (χ2v) is 11.0. The standard InChI is InChI=1S/C20H30N4O6S/c25-14-10-16-17(26)22-20(18(27)23-31(29,30)15-7-8-15)11-13(20)6-4-2-1-3-5-9-21-19(28)24(16)12-14/h4,6,13-16,25H,1-3,5,7-12H2,(H,21,28)(H,22,26)(H,23,27)/t13-,14-,16+,20-/m1/s1. The lowest BCUT2D eigenvalue weighted by Crippen LogP contribution is -2.57. The highest BCUT2D eigenvalue weighted by atomic mass is 32.2. The van der Waals surface area contributed by atoms with Gasteiger partial charge in [0, 0.05) is 25.4 Å².